The van der Waals surface area contributed by atoms with Gasteiger partial charge in [-0.1, -0.05) is 38.7 Å². The van der Waals surface area contributed by atoms with Crippen LogP contribution in [0, 0.1) is 0 Å². The maximum atomic E-state index is 10.8. The summed E-state index contributed by atoms with van der Waals surface area (Å²) in [5, 5.41) is 8.92. The third-order valence-corrected chi connectivity index (χ3v) is 4.27. The van der Waals surface area contributed by atoms with Gasteiger partial charge in [0.1, 0.15) is 0 Å². The van der Waals surface area contributed by atoms with Gasteiger partial charge in [0.05, 0.1) is 6.42 Å². The Kier molecular flexibility index (Phi) is 8.99. The van der Waals surface area contributed by atoms with Crippen LogP contribution in [-0.2, 0) is 4.79 Å². The predicted octanol–water partition coefficient (Wildman–Crippen LogP) is 4.66. The van der Waals surface area contributed by atoms with Crippen LogP contribution in [0.5, 0.6) is 0 Å². The van der Waals surface area contributed by atoms with E-state index in [1.54, 1.807) is 11.8 Å². The smallest absolute Gasteiger partial charge is 0.305 e. The second kappa shape index (κ2) is 10.6. The monoisotopic (exact) mass is 309 g/mol. The molecule has 0 aromatic heterocycles. The Bertz CT molecular complexity index is 423. The zero-order chi connectivity index (χ0) is 15.5. The average molecular weight is 309 g/mol. The SMILES string of the molecule is CCCCCCCN(CCC(=O)O)c1cccc(SC)c1. The van der Waals surface area contributed by atoms with Crippen LogP contribution in [0.25, 0.3) is 0 Å². The second-order valence-corrected chi connectivity index (χ2v) is 6.13. The number of unbranched alkanes of at least 4 members (excludes halogenated alkanes) is 4. The lowest BCUT2D eigenvalue weighted by atomic mass is 10.1. The topological polar surface area (TPSA) is 40.5 Å². The van der Waals surface area contributed by atoms with Crippen LogP contribution in [0.3, 0.4) is 0 Å². The third-order valence-electron chi connectivity index (χ3n) is 3.55. The Morgan fingerprint density at radius 1 is 1.19 bits per heavy atom. The van der Waals surface area contributed by atoms with Crippen molar-refractivity contribution in [1.29, 1.82) is 0 Å². The molecule has 21 heavy (non-hydrogen) atoms. The quantitative estimate of drug-likeness (QED) is 0.477. The van der Waals surface area contributed by atoms with Gasteiger partial charge in [-0.25, -0.2) is 0 Å². The molecule has 1 aromatic rings. The zero-order valence-electron chi connectivity index (χ0n) is 13.2. The molecule has 118 valence electrons. The number of hydrogen-bond donors (Lipinski definition) is 1. The van der Waals surface area contributed by atoms with Crippen molar-refractivity contribution in [3.05, 3.63) is 24.3 Å². The second-order valence-electron chi connectivity index (χ2n) is 5.25. The molecule has 0 aliphatic heterocycles. The summed E-state index contributed by atoms with van der Waals surface area (Å²) in [6.45, 7) is 3.74. The molecule has 4 heteroatoms. The molecule has 0 saturated carbocycles. The van der Waals surface area contributed by atoms with E-state index < -0.39 is 5.97 Å². The molecule has 3 nitrogen and oxygen atoms in total. The Morgan fingerprint density at radius 2 is 1.95 bits per heavy atom. The number of aliphatic carboxylic acids is 1. The van der Waals surface area contributed by atoms with Gasteiger partial charge in [-0.05, 0) is 30.9 Å². The van der Waals surface area contributed by atoms with E-state index in [9.17, 15) is 4.79 Å². The zero-order valence-corrected chi connectivity index (χ0v) is 14.0. The largest absolute Gasteiger partial charge is 0.481 e. The highest BCUT2D eigenvalue weighted by atomic mass is 32.2. The fourth-order valence-corrected chi connectivity index (χ4v) is 2.77. The molecule has 0 amide bonds. The van der Waals surface area contributed by atoms with Crippen molar-refractivity contribution in [2.45, 2.75) is 50.3 Å². The molecule has 1 aromatic carbocycles. The Balaban J connectivity index is 2.59. The standard InChI is InChI=1S/C17H27NO2S/c1-3-4-5-6-7-12-18(13-11-17(19)20)15-9-8-10-16(14-15)21-2/h8-10,14H,3-7,11-13H2,1-2H3,(H,19,20). The van der Waals surface area contributed by atoms with Crippen molar-refractivity contribution >= 4 is 23.4 Å². The van der Waals surface area contributed by atoms with E-state index in [4.69, 9.17) is 5.11 Å². The molecule has 0 saturated heterocycles. The lowest BCUT2D eigenvalue weighted by molar-refractivity contribution is -0.136. The summed E-state index contributed by atoms with van der Waals surface area (Å²) in [5.41, 5.74) is 1.14. The molecule has 0 unspecified atom stereocenters. The highest BCUT2D eigenvalue weighted by Gasteiger charge is 2.09. The maximum Gasteiger partial charge on any atom is 0.305 e. The van der Waals surface area contributed by atoms with Gasteiger partial charge in [0, 0.05) is 23.7 Å². The van der Waals surface area contributed by atoms with Gasteiger partial charge in [0.25, 0.3) is 0 Å². The van der Waals surface area contributed by atoms with Crippen LogP contribution < -0.4 is 4.90 Å². The summed E-state index contributed by atoms with van der Waals surface area (Å²) in [6.07, 6.45) is 8.41. The van der Waals surface area contributed by atoms with Gasteiger partial charge >= 0.3 is 5.97 Å². The van der Waals surface area contributed by atoms with Gasteiger partial charge in [-0.2, -0.15) is 0 Å². The third kappa shape index (κ3) is 7.42. The first kappa shape index (κ1) is 17.9. The minimum atomic E-state index is -0.730. The highest BCUT2D eigenvalue weighted by molar-refractivity contribution is 7.98. The molecule has 1 rings (SSSR count). The number of rotatable bonds is 11. The molecule has 0 bridgehead atoms. The van der Waals surface area contributed by atoms with Gasteiger partial charge in [-0.15, -0.1) is 11.8 Å². The molecule has 0 aliphatic carbocycles. The normalized spacial score (nSPS) is 10.6. The first-order valence-electron chi connectivity index (χ1n) is 7.78. The fourth-order valence-electron chi connectivity index (χ4n) is 2.31. The van der Waals surface area contributed by atoms with E-state index in [2.05, 4.69) is 36.3 Å². The molecule has 0 spiro atoms. The number of hydrogen-bond acceptors (Lipinski definition) is 3. The number of benzene rings is 1. The predicted molar refractivity (Wildman–Crippen MR) is 91.4 cm³/mol. The summed E-state index contributed by atoms with van der Waals surface area (Å²) < 4.78 is 0. The summed E-state index contributed by atoms with van der Waals surface area (Å²) >= 11 is 1.72. The van der Waals surface area contributed by atoms with Crippen LogP contribution in [-0.4, -0.2) is 30.4 Å². The van der Waals surface area contributed by atoms with Crippen LogP contribution in [0.15, 0.2) is 29.2 Å². The Labute approximate surface area is 132 Å². The van der Waals surface area contributed by atoms with E-state index in [0.717, 1.165) is 18.7 Å². The van der Waals surface area contributed by atoms with E-state index in [1.165, 1.54) is 30.6 Å². The summed E-state index contributed by atoms with van der Waals surface area (Å²) in [4.78, 5) is 14.3. The van der Waals surface area contributed by atoms with Crippen LogP contribution >= 0.6 is 11.8 Å². The summed E-state index contributed by atoms with van der Waals surface area (Å²) in [5.74, 6) is -0.730. The molecule has 0 atom stereocenters. The van der Waals surface area contributed by atoms with E-state index in [-0.39, 0.29) is 6.42 Å². The van der Waals surface area contributed by atoms with Gasteiger partial charge < -0.3 is 10.0 Å². The number of carboxylic acid groups (broad SMARTS) is 1. The maximum absolute atomic E-state index is 10.8. The van der Waals surface area contributed by atoms with Crippen molar-refractivity contribution in [2.75, 3.05) is 24.2 Å². The fraction of sp³-hybridized carbons (Fsp3) is 0.588. The number of thioether (sulfide) groups is 1. The molecule has 0 radical (unpaired) electrons. The molecule has 0 heterocycles. The lowest BCUT2D eigenvalue weighted by Gasteiger charge is -2.24. The first-order chi connectivity index (χ1) is 10.2. The van der Waals surface area contributed by atoms with Crippen LogP contribution in [0.2, 0.25) is 0 Å². The molecular weight excluding hydrogens is 282 g/mol. The lowest BCUT2D eigenvalue weighted by Crippen LogP contribution is -2.27. The van der Waals surface area contributed by atoms with E-state index in [1.807, 2.05) is 6.07 Å². The van der Waals surface area contributed by atoms with Crippen LogP contribution in [0.4, 0.5) is 5.69 Å². The van der Waals surface area contributed by atoms with Gasteiger partial charge in [0.15, 0.2) is 0 Å². The molecular formula is C17H27NO2S. The number of anilines is 1. The number of carboxylic acids is 1. The first-order valence-corrected chi connectivity index (χ1v) is 9.00. The van der Waals surface area contributed by atoms with Crippen molar-refractivity contribution in [3.63, 3.8) is 0 Å². The van der Waals surface area contributed by atoms with Crippen molar-refractivity contribution < 1.29 is 9.90 Å². The van der Waals surface area contributed by atoms with Crippen LogP contribution in [0.1, 0.15) is 45.4 Å². The van der Waals surface area contributed by atoms with E-state index in [0.29, 0.717) is 6.54 Å². The van der Waals surface area contributed by atoms with Crippen molar-refractivity contribution in [2.24, 2.45) is 0 Å². The van der Waals surface area contributed by atoms with Crippen molar-refractivity contribution in [3.8, 4) is 0 Å². The minimum Gasteiger partial charge on any atom is -0.481 e. The summed E-state index contributed by atoms with van der Waals surface area (Å²) in [7, 11) is 0. The van der Waals surface area contributed by atoms with Crippen molar-refractivity contribution in [1.82, 2.24) is 0 Å². The van der Waals surface area contributed by atoms with Gasteiger partial charge in [-0.3, -0.25) is 4.79 Å². The van der Waals surface area contributed by atoms with E-state index >= 15 is 0 Å². The average Bonchev–Trinajstić information content (AvgIpc) is 2.50. The molecule has 0 aliphatic rings. The minimum absolute atomic E-state index is 0.193. The Morgan fingerprint density at radius 3 is 2.62 bits per heavy atom. The Hall–Kier alpha value is -1.16. The van der Waals surface area contributed by atoms with Gasteiger partial charge in [0.2, 0.25) is 0 Å². The molecule has 1 N–H and O–H groups in total. The summed E-state index contributed by atoms with van der Waals surface area (Å²) in [6, 6.07) is 8.36. The number of carbonyl (C=O) groups is 1. The highest BCUT2D eigenvalue weighted by Crippen LogP contribution is 2.23. The molecule has 0 fully saturated rings. The number of nitrogens with zero attached hydrogens (tertiary/aromatic N) is 1.